The molecule has 0 unspecified atom stereocenters. The van der Waals surface area contributed by atoms with Gasteiger partial charge in [-0.2, -0.15) is 0 Å². The first-order chi connectivity index (χ1) is 20.0. The van der Waals surface area contributed by atoms with Crippen molar-refractivity contribution in [2.75, 3.05) is 14.2 Å². The van der Waals surface area contributed by atoms with Crippen LogP contribution in [0, 0.1) is 11.8 Å². The molecule has 42 heavy (non-hydrogen) atoms. The van der Waals surface area contributed by atoms with Crippen LogP contribution < -0.4 is 9.47 Å². The zero-order chi connectivity index (χ0) is 30.9. The van der Waals surface area contributed by atoms with Crippen LogP contribution in [0.3, 0.4) is 0 Å². The highest BCUT2D eigenvalue weighted by Gasteiger charge is 2.42. The van der Waals surface area contributed by atoms with Crippen molar-refractivity contribution in [3.05, 3.63) is 70.8 Å². The summed E-state index contributed by atoms with van der Waals surface area (Å²) in [5.41, 5.74) is 4.62. The van der Waals surface area contributed by atoms with E-state index in [4.69, 9.17) is 14.2 Å². The van der Waals surface area contributed by atoms with E-state index in [-0.39, 0.29) is 29.6 Å². The number of Topliss-reactive ketones (excluding diaryl/α,β-unsaturated/α-hetero) is 1. The average Bonchev–Trinajstić information content (AvgIpc) is 2.95. The van der Waals surface area contributed by atoms with E-state index in [2.05, 4.69) is 78.0 Å². The fourth-order valence-corrected chi connectivity index (χ4v) is 6.40. The zero-order valence-corrected chi connectivity index (χ0v) is 27.1. The lowest BCUT2D eigenvalue weighted by Crippen LogP contribution is -2.43. The highest BCUT2D eigenvalue weighted by molar-refractivity contribution is 5.95. The van der Waals surface area contributed by atoms with Crippen molar-refractivity contribution >= 4 is 11.8 Å². The summed E-state index contributed by atoms with van der Waals surface area (Å²) in [7, 11) is 3.40. The van der Waals surface area contributed by atoms with E-state index in [0.717, 1.165) is 49.2 Å². The highest BCUT2D eigenvalue weighted by Crippen LogP contribution is 2.44. The van der Waals surface area contributed by atoms with Crippen molar-refractivity contribution in [2.24, 2.45) is 11.8 Å². The molecule has 0 heterocycles. The van der Waals surface area contributed by atoms with Gasteiger partial charge in [0.05, 0.1) is 14.2 Å². The number of hydrogen-bond donors (Lipinski definition) is 0. The number of ether oxygens (including phenoxy) is 3. The molecule has 3 atom stereocenters. The van der Waals surface area contributed by atoms with Crippen molar-refractivity contribution < 1.29 is 23.8 Å². The van der Waals surface area contributed by atoms with Gasteiger partial charge in [0.1, 0.15) is 29.8 Å². The quantitative estimate of drug-likeness (QED) is 0.128. The number of aryl methyl sites for hydroxylation is 1. The molecule has 0 saturated heterocycles. The summed E-state index contributed by atoms with van der Waals surface area (Å²) in [5.74, 6) is 2.43. The monoisotopic (exact) mass is 576 g/mol. The summed E-state index contributed by atoms with van der Waals surface area (Å²) in [4.78, 5) is 25.7. The van der Waals surface area contributed by atoms with E-state index in [1.54, 1.807) is 14.2 Å². The van der Waals surface area contributed by atoms with E-state index in [1.165, 1.54) is 16.7 Å². The minimum atomic E-state index is -0.395. The molecule has 5 nitrogen and oxygen atoms in total. The van der Waals surface area contributed by atoms with Gasteiger partial charge >= 0.3 is 5.97 Å². The predicted molar refractivity (Wildman–Crippen MR) is 170 cm³/mol. The standard InChI is InChI=1S/C37H52O5/c1-25(2)32-14-10-13-28(36(32)41-8)12-9-11-26(3)15-19-30(38)24-35(39)42-34-23-27(4)16-22-33(34)37(5,6)29-17-20-31(40-7)21-18-29/h10-11,13-14,17-18,20-21,25,27,33-34H,9,12,15-16,19,22-24H2,1-8H3/b26-11+/t27-,33-,34+/m1/s1. The average molecular weight is 577 g/mol. The summed E-state index contributed by atoms with van der Waals surface area (Å²) in [6, 6.07) is 14.5. The van der Waals surface area contributed by atoms with Crippen LogP contribution in [0.2, 0.25) is 0 Å². The van der Waals surface area contributed by atoms with E-state index < -0.39 is 5.97 Å². The molecule has 0 bridgehead atoms. The lowest BCUT2D eigenvalue weighted by molar-refractivity contribution is -0.157. The minimum Gasteiger partial charge on any atom is -0.497 e. The van der Waals surface area contributed by atoms with Gasteiger partial charge in [-0.15, -0.1) is 0 Å². The van der Waals surface area contributed by atoms with Crippen molar-refractivity contribution in [3.63, 3.8) is 0 Å². The number of carbonyl (C=O) groups excluding carboxylic acids is 2. The van der Waals surface area contributed by atoms with Gasteiger partial charge in [0.25, 0.3) is 0 Å². The number of hydrogen-bond acceptors (Lipinski definition) is 5. The maximum atomic E-state index is 12.9. The number of benzene rings is 2. The number of rotatable bonds is 14. The Morgan fingerprint density at radius 3 is 2.36 bits per heavy atom. The molecule has 0 amide bonds. The molecule has 0 N–H and O–H groups in total. The number of para-hydroxylation sites is 1. The largest absolute Gasteiger partial charge is 0.497 e. The molecule has 1 aliphatic carbocycles. The molecule has 1 aliphatic rings. The normalized spacial score (nSPS) is 19.5. The minimum absolute atomic E-state index is 0.0612. The molecule has 2 aromatic carbocycles. The molecule has 1 saturated carbocycles. The zero-order valence-electron chi connectivity index (χ0n) is 27.1. The molecule has 1 fully saturated rings. The van der Waals surface area contributed by atoms with Gasteiger partial charge in [-0.3, -0.25) is 9.59 Å². The molecule has 0 spiro atoms. The third-order valence-electron chi connectivity index (χ3n) is 9.10. The summed E-state index contributed by atoms with van der Waals surface area (Å²) in [6.45, 7) is 13.1. The highest BCUT2D eigenvalue weighted by atomic mass is 16.5. The second-order valence-corrected chi connectivity index (χ2v) is 13.0. The molecule has 0 aromatic heterocycles. The lowest BCUT2D eigenvalue weighted by atomic mass is 9.64. The Bertz CT molecular complexity index is 1210. The number of esters is 1. The number of carbonyl (C=O) groups is 2. The van der Waals surface area contributed by atoms with Crippen LogP contribution in [0.4, 0.5) is 0 Å². The molecule has 0 aliphatic heterocycles. The molecular formula is C37H52O5. The Morgan fingerprint density at radius 2 is 1.71 bits per heavy atom. The van der Waals surface area contributed by atoms with Gasteiger partial charge in [0.2, 0.25) is 0 Å². The Labute approximate surface area is 254 Å². The molecule has 2 aromatic rings. The van der Waals surface area contributed by atoms with Gasteiger partial charge in [-0.05, 0) is 85.1 Å². The Morgan fingerprint density at radius 1 is 1.00 bits per heavy atom. The van der Waals surface area contributed by atoms with Gasteiger partial charge in [0.15, 0.2) is 0 Å². The lowest BCUT2D eigenvalue weighted by Gasteiger charge is -2.44. The third-order valence-corrected chi connectivity index (χ3v) is 9.10. The van der Waals surface area contributed by atoms with E-state index in [9.17, 15) is 9.59 Å². The van der Waals surface area contributed by atoms with E-state index in [0.29, 0.717) is 24.7 Å². The second kappa shape index (κ2) is 15.4. The fraction of sp³-hybridized carbons (Fsp3) is 0.568. The summed E-state index contributed by atoms with van der Waals surface area (Å²) >= 11 is 0. The van der Waals surface area contributed by atoms with Crippen LogP contribution in [0.25, 0.3) is 0 Å². The molecule has 230 valence electrons. The van der Waals surface area contributed by atoms with E-state index in [1.807, 2.05) is 12.1 Å². The molecule has 0 radical (unpaired) electrons. The Kier molecular flexibility index (Phi) is 12.3. The van der Waals surface area contributed by atoms with Crippen molar-refractivity contribution in [3.8, 4) is 11.5 Å². The van der Waals surface area contributed by atoms with Crippen LogP contribution in [-0.2, 0) is 26.2 Å². The number of ketones is 1. The SMILES string of the molecule is COc1ccc(C(C)(C)[C@@H]2CC[C@@H](C)C[C@@H]2OC(=O)CC(=O)CC/C(C)=C/CCc2cccc(C(C)C)c2OC)cc1. The summed E-state index contributed by atoms with van der Waals surface area (Å²) in [5, 5.41) is 0. The molecule has 5 heteroatoms. The molecule has 3 rings (SSSR count). The summed E-state index contributed by atoms with van der Waals surface area (Å²) in [6.07, 6.45) is 7.54. The van der Waals surface area contributed by atoms with Crippen LogP contribution in [0.5, 0.6) is 11.5 Å². The fourth-order valence-electron chi connectivity index (χ4n) is 6.40. The van der Waals surface area contributed by atoms with Crippen molar-refractivity contribution in [1.82, 2.24) is 0 Å². The topological polar surface area (TPSA) is 61.8 Å². The maximum Gasteiger partial charge on any atom is 0.313 e. The van der Waals surface area contributed by atoms with Crippen LogP contribution >= 0.6 is 0 Å². The summed E-state index contributed by atoms with van der Waals surface area (Å²) < 4.78 is 17.1. The number of methoxy groups -OCH3 is 2. The van der Waals surface area contributed by atoms with Crippen LogP contribution in [0.15, 0.2) is 54.1 Å². The van der Waals surface area contributed by atoms with Crippen LogP contribution in [-0.4, -0.2) is 32.1 Å². The second-order valence-electron chi connectivity index (χ2n) is 13.0. The van der Waals surface area contributed by atoms with Gasteiger partial charge in [0, 0.05) is 12.3 Å². The first kappa shape index (κ1) is 33.4. The van der Waals surface area contributed by atoms with Gasteiger partial charge in [-0.1, -0.05) is 83.0 Å². The van der Waals surface area contributed by atoms with Crippen molar-refractivity contribution in [1.29, 1.82) is 0 Å². The van der Waals surface area contributed by atoms with Gasteiger partial charge < -0.3 is 14.2 Å². The predicted octanol–water partition coefficient (Wildman–Crippen LogP) is 8.77. The smallest absolute Gasteiger partial charge is 0.313 e. The Balaban J connectivity index is 1.52. The third kappa shape index (κ3) is 8.96. The van der Waals surface area contributed by atoms with Crippen LogP contribution in [0.1, 0.15) is 109 Å². The van der Waals surface area contributed by atoms with Crippen molar-refractivity contribution in [2.45, 2.75) is 110 Å². The number of allylic oxidation sites excluding steroid dienone is 2. The Hall–Kier alpha value is -3.08. The maximum absolute atomic E-state index is 12.9. The first-order valence-corrected chi connectivity index (χ1v) is 15.6. The van der Waals surface area contributed by atoms with Gasteiger partial charge in [-0.25, -0.2) is 0 Å². The first-order valence-electron chi connectivity index (χ1n) is 15.6. The van der Waals surface area contributed by atoms with E-state index >= 15 is 0 Å². The molecular weight excluding hydrogens is 524 g/mol.